The van der Waals surface area contributed by atoms with E-state index in [0.29, 0.717) is 29.4 Å². The van der Waals surface area contributed by atoms with Gasteiger partial charge in [-0.05, 0) is 96.6 Å². The second-order valence-electron chi connectivity index (χ2n) is 8.71. The fourth-order valence-corrected chi connectivity index (χ4v) is 3.66. The highest BCUT2D eigenvalue weighted by Gasteiger charge is 2.13. The van der Waals surface area contributed by atoms with Gasteiger partial charge in [-0.15, -0.1) is 0 Å². The smallest absolute Gasteiger partial charge is 0.343 e. The SMILES string of the molecule is CCCOc1ccc(C(=O)Oc2ccc(/C=N/NC(=O)COc3cc(C)c(Br)cc3C(C)C)cc2)cc1. The summed E-state index contributed by atoms with van der Waals surface area (Å²) >= 11 is 3.54. The van der Waals surface area contributed by atoms with E-state index in [0.717, 1.165) is 27.6 Å². The van der Waals surface area contributed by atoms with Crippen LogP contribution in [0.4, 0.5) is 0 Å². The van der Waals surface area contributed by atoms with E-state index in [1.165, 1.54) is 6.21 Å². The molecule has 0 aliphatic heterocycles. The lowest BCUT2D eigenvalue weighted by molar-refractivity contribution is -0.123. The third kappa shape index (κ3) is 8.46. The van der Waals surface area contributed by atoms with Gasteiger partial charge in [-0.3, -0.25) is 4.79 Å². The minimum atomic E-state index is -0.461. The molecule has 0 spiro atoms. The van der Waals surface area contributed by atoms with Crippen molar-refractivity contribution in [1.29, 1.82) is 0 Å². The maximum absolute atomic E-state index is 12.4. The summed E-state index contributed by atoms with van der Waals surface area (Å²) in [6.45, 7) is 8.62. The molecule has 0 atom stereocenters. The van der Waals surface area contributed by atoms with Gasteiger partial charge >= 0.3 is 5.97 Å². The molecule has 0 saturated heterocycles. The fraction of sp³-hybridized carbons (Fsp3) is 0.276. The average molecular weight is 567 g/mol. The molecule has 1 N–H and O–H groups in total. The van der Waals surface area contributed by atoms with Crippen LogP contribution in [-0.2, 0) is 4.79 Å². The number of hydrogen-bond donors (Lipinski definition) is 1. The molecule has 3 aromatic rings. The van der Waals surface area contributed by atoms with Crippen LogP contribution in [0.2, 0.25) is 0 Å². The van der Waals surface area contributed by atoms with Crippen LogP contribution in [0.1, 0.15) is 60.2 Å². The van der Waals surface area contributed by atoms with Crippen molar-refractivity contribution in [2.75, 3.05) is 13.2 Å². The summed E-state index contributed by atoms with van der Waals surface area (Å²) in [5, 5.41) is 3.98. The fourth-order valence-electron chi connectivity index (χ4n) is 3.30. The van der Waals surface area contributed by atoms with E-state index in [2.05, 4.69) is 40.3 Å². The van der Waals surface area contributed by atoms with Gasteiger partial charge < -0.3 is 14.2 Å². The van der Waals surface area contributed by atoms with Gasteiger partial charge in [-0.2, -0.15) is 5.10 Å². The predicted octanol–water partition coefficient (Wildman–Crippen LogP) is 6.42. The lowest BCUT2D eigenvalue weighted by Gasteiger charge is -2.15. The first kappa shape index (κ1) is 27.9. The molecule has 0 radical (unpaired) electrons. The zero-order valence-electron chi connectivity index (χ0n) is 21.4. The van der Waals surface area contributed by atoms with Gasteiger partial charge in [0.25, 0.3) is 5.91 Å². The highest BCUT2D eigenvalue weighted by atomic mass is 79.9. The maximum atomic E-state index is 12.4. The standard InChI is InChI=1S/C29H31BrN2O5/c1-5-14-35-23-12-8-22(9-13-23)29(34)37-24-10-6-21(7-11-24)17-31-32-28(33)18-36-27-15-20(4)26(30)16-25(27)19(2)3/h6-13,15-17,19H,5,14,18H2,1-4H3,(H,32,33)/b31-17+. The summed E-state index contributed by atoms with van der Waals surface area (Å²) in [6.07, 6.45) is 2.42. The molecule has 3 rings (SSSR count). The Morgan fingerprint density at radius 3 is 2.32 bits per heavy atom. The van der Waals surface area contributed by atoms with Crippen LogP contribution >= 0.6 is 15.9 Å². The molecule has 0 fully saturated rings. The number of benzene rings is 3. The van der Waals surface area contributed by atoms with Gasteiger partial charge in [0.05, 0.1) is 18.4 Å². The number of nitrogens with zero attached hydrogens (tertiary/aromatic N) is 1. The number of aryl methyl sites for hydroxylation is 1. The zero-order valence-corrected chi connectivity index (χ0v) is 23.0. The summed E-state index contributed by atoms with van der Waals surface area (Å²) in [5.41, 5.74) is 5.67. The molecule has 3 aromatic carbocycles. The van der Waals surface area contributed by atoms with E-state index in [9.17, 15) is 9.59 Å². The van der Waals surface area contributed by atoms with Gasteiger partial charge in [0.2, 0.25) is 0 Å². The number of amides is 1. The number of carbonyl (C=O) groups excluding carboxylic acids is 2. The van der Waals surface area contributed by atoms with Crippen molar-refractivity contribution in [1.82, 2.24) is 5.43 Å². The second kappa shape index (κ2) is 13.6. The summed E-state index contributed by atoms with van der Waals surface area (Å²) in [6, 6.07) is 17.5. The molecular formula is C29H31BrN2O5. The summed E-state index contributed by atoms with van der Waals surface area (Å²) < 4.78 is 17.7. The van der Waals surface area contributed by atoms with Crippen molar-refractivity contribution in [3.05, 3.63) is 87.4 Å². The molecule has 1 amide bonds. The Kier molecular flexibility index (Phi) is 10.3. The quantitative estimate of drug-likeness (QED) is 0.125. The zero-order chi connectivity index (χ0) is 26.8. The van der Waals surface area contributed by atoms with Crippen LogP contribution in [-0.4, -0.2) is 31.3 Å². The Bertz CT molecular complexity index is 1240. The number of esters is 1. The Balaban J connectivity index is 1.48. The summed E-state index contributed by atoms with van der Waals surface area (Å²) in [4.78, 5) is 24.6. The third-order valence-corrected chi connectivity index (χ3v) is 6.18. The first-order valence-electron chi connectivity index (χ1n) is 12.1. The van der Waals surface area contributed by atoms with Gasteiger partial charge in [0.15, 0.2) is 6.61 Å². The minimum absolute atomic E-state index is 0.154. The molecule has 37 heavy (non-hydrogen) atoms. The number of rotatable bonds is 11. The van der Waals surface area contributed by atoms with Crippen LogP contribution in [0.25, 0.3) is 0 Å². The van der Waals surface area contributed by atoms with Crippen LogP contribution in [0.5, 0.6) is 17.2 Å². The highest BCUT2D eigenvalue weighted by Crippen LogP contribution is 2.32. The van der Waals surface area contributed by atoms with Crippen LogP contribution < -0.4 is 19.6 Å². The van der Waals surface area contributed by atoms with E-state index in [4.69, 9.17) is 14.2 Å². The molecule has 0 unspecified atom stereocenters. The maximum Gasteiger partial charge on any atom is 0.343 e. The van der Waals surface area contributed by atoms with E-state index >= 15 is 0 Å². The van der Waals surface area contributed by atoms with E-state index < -0.39 is 5.97 Å². The molecule has 0 bridgehead atoms. The monoisotopic (exact) mass is 566 g/mol. The molecule has 0 aliphatic rings. The second-order valence-corrected chi connectivity index (χ2v) is 9.56. The van der Waals surface area contributed by atoms with Crippen LogP contribution in [0, 0.1) is 6.92 Å². The van der Waals surface area contributed by atoms with Crippen molar-refractivity contribution in [3.63, 3.8) is 0 Å². The molecule has 7 nitrogen and oxygen atoms in total. The first-order valence-corrected chi connectivity index (χ1v) is 12.9. The van der Waals surface area contributed by atoms with Gasteiger partial charge in [-0.25, -0.2) is 10.2 Å². The van der Waals surface area contributed by atoms with E-state index in [-0.39, 0.29) is 18.4 Å². The van der Waals surface area contributed by atoms with Crippen molar-refractivity contribution >= 4 is 34.0 Å². The van der Waals surface area contributed by atoms with Gasteiger partial charge in [-0.1, -0.05) is 36.7 Å². The number of nitrogens with one attached hydrogen (secondary N) is 1. The van der Waals surface area contributed by atoms with Crippen molar-refractivity contribution in [2.45, 2.75) is 40.0 Å². The van der Waals surface area contributed by atoms with Crippen LogP contribution in [0.3, 0.4) is 0 Å². The number of halogens is 1. The Labute approximate surface area is 226 Å². The predicted molar refractivity (Wildman–Crippen MR) is 148 cm³/mol. The molecule has 0 heterocycles. The van der Waals surface area contributed by atoms with Crippen molar-refractivity contribution < 1.29 is 23.8 Å². The molecular weight excluding hydrogens is 536 g/mol. The molecule has 8 heteroatoms. The summed E-state index contributed by atoms with van der Waals surface area (Å²) in [5.74, 6) is 1.21. The highest BCUT2D eigenvalue weighted by molar-refractivity contribution is 9.10. The first-order chi connectivity index (χ1) is 17.8. The molecule has 0 aliphatic carbocycles. The van der Waals surface area contributed by atoms with Crippen LogP contribution in [0.15, 0.2) is 70.2 Å². The number of hydrazone groups is 1. The minimum Gasteiger partial charge on any atom is -0.494 e. The molecule has 194 valence electrons. The lowest BCUT2D eigenvalue weighted by Crippen LogP contribution is -2.25. The van der Waals surface area contributed by atoms with Crippen molar-refractivity contribution in [3.8, 4) is 17.2 Å². The van der Waals surface area contributed by atoms with E-state index in [1.54, 1.807) is 48.5 Å². The number of hydrogen-bond acceptors (Lipinski definition) is 6. The Morgan fingerprint density at radius 1 is 1.00 bits per heavy atom. The normalized spacial score (nSPS) is 11.0. The average Bonchev–Trinajstić information content (AvgIpc) is 2.89. The Hall–Kier alpha value is -3.65. The van der Waals surface area contributed by atoms with Gasteiger partial charge in [0, 0.05) is 4.47 Å². The number of ether oxygens (including phenoxy) is 3. The number of carbonyl (C=O) groups is 2. The topological polar surface area (TPSA) is 86.2 Å². The van der Waals surface area contributed by atoms with E-state index in [1.807, 2.05) is 26.0 Å². The largest absolute Gasteiger partial charge is 0.494 e. The Morgan fingerprint density at radius 2 is 1.68 bits per heavy atom. The van der Waals surface area contributed by atoms with Gasteiger partial charge in [0.1, 0.15) is 17.2 Å². The molecule has 0 saturated carbocycles. The molecule has 0 aromatic heterocycles. The third-order valence-electron chi connectivity index (χ3n) is 5.33. The van der Waals surface area contributed by atoms with Crippen molar-refractivity contribution in [2.24, 2.45) is 5.10 Å². The summed E-state index contributed by atoms with van der Waals surface area (Å²) in [7, 11) is 0. The lowest BCUT2D eigenvalue weighted by atomic mass is 10.0.